The maximum atomic E-state index is 12.7. The predicted octanol–water partition coefficient (Wildman–Crippen LogP) is 3.46. The fourth-order valence-corrected chi connectivity index (χ4v) is 3.97. The number of rotatable bonds is 4. The van der Waals surface area contributed by atoms with Crippen LogP contribution in [0.2, 0.25) is 0 Å². The van der Waals surface area contributed by atoms with Crippen molar-refractivity contribution in [2.75, 3.05) is 7.11 Å². The van der Waals surface area contributed by atoms with Gasteiger partial charge >= 0.3 is 0 Å². The maximum Gasteiger partial charge on any atom is 0.261 e. The number of hydrogen-bond donors (Lipinski definition) is 1. The highest BCUT2D eigenvalue weighted by atomic mass is 32.1. The van der Waals surface area contributed by atoms with Gasteiger partial charge in [-0.1, -0.05) is 23.5 Å². The lowest BCUT2D eigenvalue weighted by molar-refractivity contribution is 0.0954. The molecule has 142 valence electrons. The monoisotopic (exact) mass is 393 g/mol. The summed E-state index contributed by atoms with van der Waals surface area (Å²) in [6.07, 6.45) is 0. The van der Waals surface area contributed by atoms with Crippen LogP contribution in [0.3, 0.4) is 0 Å². The lowest BCUT2D eigenvalue weighted by atomic mass is 10.1. The van der Waals surface area contributed by atoms with Gasteiger partial charge in [-0.3, -0.25) is 14.0 Å². The predicted molar refractivity (Wildman–Crippen MR) is 110 cm³/mol. The average Bonchev–Trinajstić information content (AvgIpc) is 3.04. The van der Waals surface area contributed by atoms with Gasteiger partial charge < -0.3 is 10.1 Å². The van der Waals surface area contributed by atoms with Gasteiger partial charge in [-0.25, -0.2) is 4.98 Å². The second-order valence-corrected chi connectivity index (χ2v) is 7.64. The molecule has 0 fully saturated rings. The minimum Gasteiger partial charge on any atom is -0.497 e. The molecule has 0 aliphatic carbocycles. The summed E-state index contributed by atoms with van der Waals surface area (Å²) in [7, 11) is 1.61. The summed E-state index contributed by atoms with van der Waals surface area (Å²) in [5.74, 6) is 0.468. The summed E-state index contributed by atoms with van der Waals surface area (Å²) in [5, 5.41) is 2.85. The van der Waals surface area contributed by atoms with E-state index in [1.807, 2.05) is 50.2 Å². The quantitative estimate of drug-likeness (QED) is 0.576. The molecule has 4 rings (SSSR count). The first-order valence-corrected chi connectivity index (χ1v) is 9.62. The van der Waals surface area contributed by atoms with E-state index in [0.717, 1.165) is 33.5 Å². The van der Waals surface area contributed by atoms with Crippen molar-refractivity contribution in [3.63, 3.8) is 0 Å². The molecule has 0 spiro atoms. The summed E-state index contributed by atoms with van der Waals surface area (Å²) < 4.78 is 6.69. The van der Waals surface area contributed by atoms with Gasteiger partial charge in [0.15, 0.2) is 4.96 Å². The van der Waals surface area contributed by atoms with Crippen molar-refractivity contribution in [1.82, 2.24) is 14.7 Å². The molecule has 2 heterocycles. The summed E-state index contributed by atoms with van der Waals surface area (Å²) in [5.41, 5.74) is 4.43. The first kappa shape index (κ1) is 18.2. The highest BCUT2D eigenvalue weighted by Gasteiger charge is 2.14. The second-order valence-electron chi connectivity index (χ2n) is 6.63. The number of carbonyl (C=O) groups is 1. The Morgan fingerprint density at radius 3 is 2.57 bits per heavy atom. The molecule has 0 saturated carbocycles. The molecular formula is C21H19N3O3S. The number of amides is 1. The van der Waals surface area contributed by atoms with Crippen molar-refractivity contribution in [3.05, 3.63) is 74.4 Å². The Labute approximate surface area is 165 Å². The minimum atomic E-state index is -0.292. The number of imidazole rings is 1. The largest absolute Gasteiger partial charge is 0.497 e. The molecule has 2 aromatic carbocycles. The van der Waals surface area contributed by atoms with Gasteiger partial charge in [0, 0.05) is 12.6 Å². The molecule has 4 aromatic rings. The molecule has 0 bridgehead atoms. The van der Waals surface area contributed by atoms with Crippen molar-refractivity contribution in [3.8, 4) is 5.75 Å². The number of hydrogen-bond acceptors (Lipinski definition) is 5. The minimum absolute atomic E-state index is 0.255. The fourth-order valence-electron chi connectivity index (χ4n) is 3.02. The average molecular weight is 393 g/mol. The Balaban J connectivity index is 1.63. The Hall–Kier alpha value is -3.19. The van der Waals surface area contributed by atoms with Crippen LogP contribution < -0.4 is 15.6 Å². The van der Waals surface area contributed by atoms with Crippen molar-refractivity contribution < 1.29 is 9.53 Å². The number of nitrogens with one attached hydrogen (secondary N) is 1. The van der Waals surface area contributed by atoms with Crippen LogP contribution >= 0.6 is 11.3 Å². The summed E-state index contributed by atoms with van der Waals surface area (Å²) in [6.45, 7) is 4.38. The zero-order valence-corrected chi connectivity index (χ0v) is 16.6. The van der Waals surface area contributed by atoms with Crippen molar-refractivity contribution in [2.24, 2.45) is 0 Å². The van der Waals surface area contributed by atoms with Crippen LogP contribution in [-0.2, 0) is 6.54 Å². The van der Waals surface area contributed by atoms with Crippen molar-refractivity contribution in [2.45, 2.75) is 20.4 Å². The molecule has 0 unspecified atom stereocenters. The number of benzene rings is 2. The maximum absolute atomic E-state index is 12.7. The van der Waals surface area contributed by atoms with E-state index in [4.69, 9.17) is 4.74 Å². The van der Waals surface area contributed by atoms with Gasteiger partial charge in [0.1, 0.15) is 10.6 Å². The van der Waals surface area contributed by atoms with E-state index >= 15 is 0 Å². The van der Waals surface area contributed by atoms with E-state index in [9.17, 15) is 9.59 Å². The molecular weight excluding hydrogens is 374 g/mol. The van der Waals surface area contributed by atoms with Gasteiger partial charge in [0.25, 0.3) is 11.5 Å². The number of nitrogens with zero attached hydrogens (tertiary/aromatic N) is 2. The number of aryl methyl sites for hydroxylation is 2. The Morgan fingerprint density at radius 2 is 1.86 bits per heavy atom. The lowest BCUT2D eigenvalue weighted by Gasteiger charge is -2.06. The molecule has 0 aliphatic rings. The van der Waals surface area contributed by atoms with Gasteiger partial charge in [-0.05, 0) is 54.8 Å². The zero-order chi connectivity index (χ0) is 19.8. The molecule has 28 heavy (non-hydrogen) atoms. The zero-order valence-electron chi connectivity index (χ0n) is 15.8. The van der Waals surface area contributed by atoms with Crippen LogP contribution in [0.25, 0.3) is 16.0 Å². The number of fused-ring (bicyclic) bond motifs is 3. The van der Waals surface area contributed by atoms with E-state index in [2.05, 4.69) is 10.3 Å². The second kappa shape index (κ2) is 7.09. The van der Waals surface area contributed by atoms with Crippen LogP contribution in [0, 0.1) is 13.8 Å². The van der Waals surface area contributed by atoms with E-state index in [1.54, 1.807) is 11.5 Å². The van der Waals surface area contributed by atoms with Gasteiger partial charge in [0.2, 0.25) is 0 Å². The molecule has 6 nitrogen and oxygen atoms in total. The molecule has 0 radical (unpaired) electrons. The number of ether oxygens (including phenoxy) is 1. The molecule has 1 amide bonds. The first-order valence-electron chi connectivity index (χ1n) is 8.81. The van der Waals surface area contributed by atoms with Gasteiger partial charge in [-0.2, -0.15) is 0 Å². The summed E-state index contributed by atoms with van der Waals surface area (Å²) in [6, 6.07) is 12.7. The molecule has 0 aliphatic heterocycles. The van der Waals surface area contributed by atoms with Crippen LogP contribution in [0.4, 0.5) is 0 Å². The molecule has 1 N–H and O–H groups in total. The SMILES string of the molecule is COc1ccc(CNC(=O)c2cc(=O)n3c(nc4cc(C)c(C)cc43)s2)cc1. The third-order valence-electron chi connectivity index (χ3n) is 4.75. The van der Waals surface area contributed by atoms with E-state index in [-0.39, 0.29) is 11.5 Å². The normalized spacial score (nSPS) is 11.1. The standard InChI is InChI=1S/C21H19N3O3S/c1-12-8-16-17(9-13(12)2)24-19(25)10-18(28-21(24)23-16)20(26)22-11-14-4-6-15(27-3)7-5-14/h4-10H,11H2,1-3H3,(H,22,26). The first-order chi connectivity index (χ1) is 13.5. The third-order valence-corrected chi connectivity index (χ3v) is 5.73. The molecule has 2 aromatic heterocycles. The molecule has 0 saturated heterocycles. The Bertz CT molecular complexity index is 1260. The van der Waals surface area contributed by atoms with Crippen LogP contribution in [0.1, 0.15) is 26.4 Å². The topological polar surface area (TPSA) is 72.7 Å². The smallest absolute Gasteiger partial charge is 0.261 e. The van der Waals surface area contributed by atoms with E-state index < -0.39 is 0 Å². The van der Waals surface area contributed by atoms with E-state index in [1.165, 1.54) is 17.4 Å². The third kappa shape index (κ3) is 3.25. The number of aromatic nitrogens is 2. The Kier molecular flexibility index (Phi) is 4.60. The van der Waals surface area contributed by atoms with Gasteiger partial charge in [0.05, 0.1) is 18.1 Å². The van der Waals surface area contributed by atoms with Gasteiger partial charge in [-0.15, -0.1) is 0 Å². The van der Waals surface area contributed by atoms with Crippen LogP contribution in [0.15, 0.2) is 47.3 Å². The van der Waals surface area contributed by atoms with Crippen molar-refractivity contribution in [1.29, 1.82) is 0 Å². The summed E-state index contributed by atoms with van der Waals surface area (Å²) in [4.78, 5) is 30.6. The van der Waals surface area contributed by atoms with Crippen molar-refractivity contribution >= 4 is 33.2 Å². The van der Waals surface area contributed by atoms with E-state index in [0.29, 0.717) is 16.4 Å². The van der Waals surface area contributed by atoms with Crippen LogP contribution in [-0.4, -0.2) is 22.4 Å². The van der Waals surface area contributed by atoms with Crippen LogP contribution in [0.5, 0.6) is 5.75 Å². The summed E-state index contributed by atoms with van der Waals surface area (Å²) >= 11 is 1.21. The fraction of sp³-hybridized carbons (Fsp3) is 0.190. The highest BCUT2D eigenvalue weighted by molar-refractivity contribution is 7.18. The molecule has 0 atom stereocenters. The lowest BCUT2D eigenvalue weighted by Crippen LogP contribution is -2.24. The number of methoxy groups -OCH3 is 1. The highest BCUT2D eigenvalue weighted by Crippen LogP contribution is 2.22. The number of carbonyl (C=O) groups excluding carboxylic acids is 1. The molecule has 7 heteroatoms. The Morgan fingerprint density at radius 1 is 1.14 bits per heavy atom.